The highest BCUT2D eigenvalue weighted by molar-refractivity contribution is 6.37. The Hall–Kier alpha value is -5.88. The van der Waals surface area contributed by atoms with Crippen molar-refractivity contribution >= 4 is 59.1 Å². The van der Waals surface area contributed by atoms with Crippen LogP contribution in [0.1, 0.15) is 105 Å². The Balaban J connectivity index is 3.40. The third kappa shape index (κ3) is 18.5. The summed E-state index contributed by atoms with van der Waals surface area (Å²) < 4.78 is 0. The fourth-order valence-electron chi connectivity index (χ4n) is 5.81. The molecule has 6 unspecified atom stereocenters. The number of aryl methyl sites for hydroxylation is 1. The Morgan fingerprint density at radius 1 is 0.678 bits per heavy atom. The average molecular weight is 832 g/mol. The maximum atomic E-state index is 14.1. The zero-order valence-corrected chi connectivity index (χ0v) is 35.1. The summed E-state index contributed by atoms with van der Waals surface area (Å²) in [5, 5.41) is 33.2. The molecule has 0 aliphatic heterocycles. The minimum Gasteiger partial charge on any atom is -0.481 e. The van der Waals surface area contributed by atoms with Gasteiger partial charge in [0.05, 0.1) is 18.9 Å². The molecule has 1 rings (SSSR count). The number of ketones is 1. The van der Waals surface area contributed by atoms with Crippen molar-refractivity contribution in [3.63, 3.8) is 0 Å². The molecule has 6 atom stereocenters. The fourth-order valence-corrected chi connectivity index (χ4v) is 5.81. The molecule has 19 nitrogen and oxygen atoms in total. The summed E-state index contributed by atoms with van der Waals surface area (Å²) in [5.41, 5.74) is 5.68. The quantitative estimate of drug-likeness (QED) is 0.0595. The molecule has 7 amide bonds. The Morgan fingerprint density at radius 3 is 1.76 bits per heavy atom. The highest BCUT2D eigenvalue weighted by atomic mass is 16.4. The van der Waals surface area contributed by atoms with Crippen molar-refractivity contribution in [2.24, 2.45) is 17.1 Å². The molecule has 0 aliphatic rings. The number of amides is 7. The molecule has 19 heteroatoms. The van der Waals surface area contributed by atoms with Crippen LogP contribution in [0.5, 0.6) is 0 Å². The van der Waals surface area contributed by atoms with Gasteiger partial charge in [-0.25, -0.2) is 0 Å². The molecule has 0 saturated heterocycles. The minimum absolute atomic E-state index is 0.0733. The number of benzene rings is 1. The number of aliphatic carboxylic acids is 2. The van der Waals surface area contributed by atoms with Gasteiger partial charge in [-0.05, 0) is 49.1 Å². The number of Topliss-reactive ketones (excluding diaryl/α,β-unsaturated/α-hetero) is 1. The monoisotopic (exact) mass is 831 g/mol. The number of carboxylic acid groups (broad SMARTS) is 2. The summed E-state index contributed by atoms with van der Waals surface area (Å²) in [6.07, 6.45) is -0.591. The lowest BCUT2D eigenvalue weighted by molar-refractivity contribution is -0.142. The van der Waals surface area contributed by atoms with E-state index in [1.807, 2.05) is 20.8 Å². The molecule has 0 fully saturated rings. The lowest BCUT2D eigenvalue weighted by atomic mass is 9.85. The van der Waals surface area contributed by atoms with E-state index in [0.29, 0.717) is 18.4 Å². The van der Waals surface area contributed by atoms with Crippen molar-refractivity contribution in [2.75, 3.05) is 0 Å². The van der Waals surface area contributed by atoms with Crippen LogP contribution in [0.2, 0.25) is 0 Å². The van der Waals surface area contributed by atoms with Crippen molar-refractivity contribution in [1.29, 1.82) is 0 Å². The van der Waals surface area contributed by atoms with Crippen LogP contribution in [-0.2, 0) is 54.4 Å². The minimum atomic E-state index is -1.66. The Bertz CT molecular complexity index is 1710. The molecular formula is C40H61N7O12. The van der Waals surface area contributed by atoms with Crippen LogP contribution in [-0.4, -0.2) is 106 Å². The number of rotatable bonds is 25. The fraction of sp³-hybridized carbons (Fsp3) is 0.600. The van der Waals surface area contributed by atoms with Crippen molar-refractivity contribution in [3.8, 4) is 0 Å². The van der Waals surface area contributed by atoms with Gasteiger partial charge in [0.25, 0.3) is 5.91 Å². The summed E-state index contributed by atoms with van der Waals surface area (Å²) in [6.45, 7) is 13.5. The number of carboxylic acids is 2. The van der Waals surface area contributed by atoms with E-state index in [4.69, 9.17) is 10.8 Å². The molecule has 10 N–H and O–H groups in total. The van der Waals surface area contributed by atoms with Gasteiger partial charge in [-0.15, -0.1) is 0 Å². The van der Waals surface area contributed by atoms with E-state index in [1.165, 1.54) is 6.92 Å². The molecule has 1 aromatic carbocycles. The second-order valence-corrected chi connectivity index (χ2v) is 16.0. The number of carbonyl (C=O) groups excluding carboxylic acids is 8. The van der Waals surface area contributed by atoms with E-state index in [9.17, 15) is 53.1 Å². The summed E-state index contributed by atoms with van der Waals surface area (Å²) >= 11 is 0. The Kier molecular flexibility index (Phi) is 20.9. The van der Waals surface area contributed by atoms with Crippen LogP contribution in [0.3, 0.4) is 0 Å². The van der Waals surface area contributed by atoms with Crippen LogP contribution >= 0.6 is 0 Å². The molecule has 0 radical (unpaired) electrons. The van der Waals surface area contributed by atoms with E-state index in [-0.39, 0.29) is 25.2 Å². The van der Waals surface area contributed by atoms with E-state index in [1.54, 1.807) is 52.0 Å². The summed E-state index contributed by atoms with van der Waals surface area (Å²) in [7, 11) is 0. The Morgan fingerprint density at radius 2 is 1.24 bits per heavy atom. The van der Waals surface area contributed by atoms with Gasteiger partial charge in [-0.2, -0.15) is 0 Å². The molecule has 59 heavy (non-hydrogen) atoms. The predicted octanol–water partition coefficient (Wildman–Crippen LogP) is 0.143. The molecular weight excluding hydrogens is 770 g/mol. The highest BCUT2D eigenvalue weighted by Crippen LogP contribution is 2.21. The lowest BCUT2D eigenvalue weighted by Gasteiger charge is -2.33. The number of nitrogens with one attached hydrogen (secondary N) is 6. The van der Waals surface area contributed by atoms with Crippen molar-refractivity contribution in [2.45, 2.75) is 143 Å². The van der Waals surface area contributed by atoms with Crippen LogP contribution in [0.4, 0.5) is 0 Å². The van der Waals surface area contributed by atoms with Gasteiger partial charge in [-0.1, -0.05) is 78.6 Å². The zero-order valence-electron chi connectivity index (χ0n) is 35.1. The van der Waals surface area contributed by atoms with Crippen molar-refractivity contribution < 1.29 is 58.2 Å². The molecule has 328 valence electrons. The van der Waals surface area contributed by atoms with Crippen LogP contribution in [0, 0.1) is 18.3 Å². The third-order valence-corrected chi connectivity index (χ3v) is 9.14. The van der Waals surface area contributed by atoms with Crippen molar-refractivity contribution in [3.05, 3.63) is 35.4 Å². The standard InChI is InChI=1S/C40H61N7O12/c1-9-10-15-25(32(53)34(41)54)44-37(57)26(18-21(2)3)46-39(59)33(40(6,7)8)47-38(58)27(19-24-14-12-11-13-22(24)4)45-35(55)23(5)42-36(56)28(20-31(51)52)43-29(48)16-17-30(49)50/h11-14,21,23,25-28,33H,9-10,15-20H2,1-8H3,(H2,41,54)(H,42,56)(H,43,48)(H,44,57)(H,45,55)(H,46,59)(H,47,58)(H,49,50)(H,51,52). The third-order valence-electron chi connectivity index (χ3n) is 9.14. The van der Waals surface area contributed by atoms with E-state index in [2.05, 4.69) is 31.9 Å². The maximum absolute atomic E-state index is 14.1. The number of primary amides is 1. The average Bonchev–Trinajstić information content (AvgIpc) is 3.12. The van der Waals surface area contributed by atoms with Gasteiger partial charge >= 0.3 is 11.9 Å². The van der Waals surface area contributed by atoms with E-state index < -0.39 is 120 Å². The van der Waals surface area contributed by atoms with E-state index in [0.717, 1.165) is 5.56 Å². The molecule has 0 bridgehead atoms. The van der Waals surface area contributed by atoms with Gasteiger partial charge < -0.3 is 47.8 Å². The lowest BCUT2D eigenvalue weighted by Crippen LogP contribution is -2.62. The first-order valence-electron chi connectivity index (χ1n) is 19.5. The van der Waals surface area contributed by atoms with Gasteiger partial charge in [0.2, 0.25) is 41.2 Å². The van der Waals surface area contributed by atoms with Crippen molar-refractivity contribution in [1.82, 2.24) is 31.9 Å². The molecule has 1 aromatic rings. The molecule has 0 heterocycles. The van der Waals surface area contributed by atoms with Crippen LogP contribution in [0.25, 0.3) is 0 Å². The molecule has 0 saturated carbocycles. The summed E-state index contributed by atoms with van der Waals surface area (Å²) in [6, 6.07) is -1.05. The second kappa shape index (κ2) is 24.1. The second-order valence-electron chi connectivity index (χ2n) is 16.0. The molecule has 0 aliphatic carbocycles. The normalized spacial score (nSPS) is 14.3. The van der Waals surface area contributed by atoms with Gasteiger partial charge in [0.1, 0.15) is 30.2 Å². The SMILES string of the molecule is CCCCC(NC(=O)C(CC(C)C)NC(=O)C(NC(=O)C(Cc1ccccc1C)NC(=O)C(C)NC(=O)C(CC(=O)O)NC(=O)CCC(=O)O)C(C)(C)C)C(=O)C(N)=O. The van der Waals surface area contributed by atoms with Crippen LogP contribution in [0.15, 0.2) is 24.3 Å². The van der Waals surface area contributed by atoms with E-state index >= 15 is 0 Å². The number of hydrogen-bond acceptors (Lipinski definition) is 10. The largest absolute Gasteiger partial charge is 0.481 e. The Labute approximate surface area is 344 Å². The summed E-state index contributed by atoms with van der Waals surface area (Å²) in [5.74, 6) is -10.2. The first-order valence-corrected chi connectivity index (χ1v) is 19.5. The number of nitrogens with two attached hydrogens (primary N) is 1. The van der Waals surface area contributed by atoms with Crippen LogP contribution < -0.4 is 37.6 Å². The topological polar surface area (TPSA) is 309 Å². The van der Waals surface area contributed by atoms with Gasteiger partial charge in [0.15, 0.2) is 0 Å². The molecule has 0 spiro atoms. The first kappa shape index (κ1) is 51.1. The first-order chi connectivity index (χ1) is 27.4. The number of hydrogen-bond donors (Lipinski definition) is 9. The highest BCUT2D eigenvalue weighted by Gasteiger charge is 2.38. The van der Waals surface area contributed by atoms with Gasteiger partial charge in [0, 0.05) is 12.8 Å². The summed E-state index contributed by atoms with van der Waals surface area (Å²) in [4.78, 5) is 127. The predicted molar refractivity (Wildman–Crippen MR) is 214 cm³/mol. The number of carbonyl (C=O) groups is 10. The maximum Gasteiger partial charge on any atom is 0.305 e. The number of unbranched alkanes of at least 4 members (excludes halogenated alkanes) is 1. The zero-order chi connectivity index (χ0) is 45.2. The smallest absolute Gasteiger partial charge is 0.305 e. The van der Waals surface area contributed by atoms with Gasteiger partial charge in [-0.3, -0.25) is 47.9 Å². The molecule has 0 aromatic heterocycles.